The van der Waals surface area contributed by atoms with Gasteiger partial charge in [-0.2, -0.15) is 12.7 Å². The molecule has 0 aliphatic carbocycles. The highest BCUT2D eigenvalue weighted by molar-refractivity contribution is 7.90. The van der Waals surface area contributed by atoms with Gasteiger partial charge in [0.25, 0.3) is 0 Å². The highest BCUT2D eigenvalue weighted by Crippen LogP contribution is 2.24. The number of aryl methyl sites for hydroxylation is 1. The molecule has 2 N–H and O–H groups in total. The Morgan fingerprint density at radius 2 is 2.11 bits per heavy atom. The third-order valence-electron chi connectivity index (χ3n) is 3.50. The lowest BCUT2D eigenvalue weighted by Crippen LogP contribution is -2.33. The average Bonchev–Trinajstić information content (AvgIpc) is 3.02. The predicted octanol–water partition coefficient (Wildman–Crippen LogP) is 1.62. The van der Waals surface area contributed by atoms with Crippen LogP contribution in [0.1, 0.15) is 18.4 Å². The van der Waals surface area contributed by atoms with Gasteiger partial charge in [0.2, 0.25) is 0 Å². The van der Waals surface area contributed by atoms with Crippen molar-refractivity contribution in [2.24, 2.45) is 0 Å². The Balaban J connectivity index is 1.94. The van der Waals surface area contributed by atoms with Gasteiger partial charge in [-0.15, -0.1) is 0 Å². The van der Waals surface area contributed by atoms with E-state index in [2.05, 4.69) is 14.7 Å². The van der Waals surface area contributed by atoms with Crippen LogP contribution in [0, 0.1) is 6.92 Å². The van der Waals surface area contributed by atoms with Crippen molar-refractivity contribution in [1.82, 2.24) is 14.3 Å². The van der Waals surface area contributed by atoms with Crippen LogP contribution in [0.15, 0.2) is 18.5 Å². The zero-order valence-electron chi connectivity index (χ0n) is 10.7. The van der Waals surface area contributed by atoms with Crippen molar-refractivity contribution in [3.63, 3.8) is 0 Å². The van der Waals surface area contributed by atoms with Gasteiger partial charge in [-0.1, -0.05) is 0 Å². The Kier molecular flexibility index (Phi) is 2.94. The fraction of sp³-hybridized carbons (Fsp3) is 0.417. The van der Waals surface area contributed by atoms with Crippen molar-refractivity contribution in [2.45, 2.75) is 19.8 Å². The Morgan fingerprint density at radius 3 is 2.84 bits per heavy atom. The van der Waals surface area contributed by atoms with Crippen LogP contribution < -0.4 is 4.72 Å². The molecular formula is C12H16N4O2S. The van der Waals surface area contributed by atoms with Gasteiger partial charge in [-0.25, -0.2) is 4.98 Å². The number of nitrogens with zero attached hydrogens (tertiary/aromatic N) is 2. The maximum atomic E-state index is 12.2. The van der Waals surface area contributed by atoms with E-state index in [-0.39, 0.29) is 0 Å². The summed E-state index contributed by atoms with van der Waals surface area (Å²) in [5, 5.41) is 0.932. The summed E-state index contributed by atoms with van der Waals surface area (Å²) in [4.78, 5) is 7.22. The largest absolute Gasteiger partial charge is 0.346 e. The van der Waals surface area contributed by atoms with Crippen LogP contribution in [-0.2, 0) is 10.2 Å². The third-order valence-corrected chi connectivity index (χ3v) is 5.02. The Labute approximate surface area is 112 Å². The molecule has 7 heteroatoms. The molecule has 0 bridgehead atoms. The number of hydrogen-bond donors (Lipinski definition) is 2. The van der Waals surface area contributed by atoms with Crippen molar-refractivity contribution in [3.8, 4) is 0 Å². The quantitative estimate of drug-likeness (QED) is 0.897. The number of fused-ring (bicyclic) bond motifs is 1. The number of pyridine rings is 1. The Morgan fingerprint density at radius 1 is 1.37 bits per heavy atom. The first-order valence-corrected chi connectivity index (χ1v) is 7.72. The van der Waals surface area contributed by atoms with E-state index in [4.69, 9.17) is 0 Å². The summed E-state index contributed by atoms with van der Waals surface area (Å²) in [5.74, 6) is 0. The monoisotopic (exact) mass is 280 g/mol. The molecule has 3 rings (SSSR count). The van der Waals surface area contributed by atoms with Crippen LogP contribution in [0.4, 0.5) is 5.69 Å². The molecule has 0 aromatic carbocycles. The number of H-pyrrole nitrogens is 1. The number of anilines is 1. The van der Waals surface area contributed by atoms with E-state index in [1.165, 1.54) is 4.31 Å². The Bertz CT molecular complexity index is 702. The van der Waals surface area contributed by atoms with Crippen molar-refractivity contribution >= 4 is 26.9 Å². The fourth-order valence-corrected chi connectivity index (χ4v) is 3.73. The van der Waals surface area contributed by atoms with Gasteiger partial charge in [0, 0.05) is 24.7 Å². The molecule has 1 aliphatic rings. The molecule has 3 heterocycles. The molecule has 0 saturated carbocycles. The van der Waals surface area contributed by atoms with Gasteiger partial charge in [-0.05, 0) is 31.4 Å². The van der Waals surface area contributed by atoms with Crippen LogP contribution in [0.3, 0.4) is 0 Å². The maximum Gasteiger partial charge on any atom is 0.301 e. The molecule has 6 nitrogen and oxygen atoms in total. The minimum Gasteiger partial charge on any atom is -0.346 e. The maximum absolute atomic E-state index is 12.2. The first-order valence-electron chi connectivity index (χ1n) is 6.28. The van der Waals surface area contributed by atoms with E-state index in [9.17, 15) is 8.42 Å². The van der Waals surface area contributed by atoms with E-state index in [0.29, 0.717) is 18.8 Å². The second kappa shape index (κ2) is 4.50. The van der Waals surface area contributed by atoms with Crippen LogP contribution in [0.25, 0.3) is 11.0 Å². The van der Waals surface area contributed by atoms with E-state index in [0.717, 1.165) is 29.4 Å². The molecular weight excluding hydrogens is 264 g/mol. The molecule has 0 unspecified atom stereocenters. The van der Waals surface area contributed by atoms with Gasteiger partial charge < -0.3 is 4.98 Å². The molecule has 102 valence electrons. The second-order valence-electron chi connectivity index (χ2n) is 4.75. The number of nitrogens with one attached hydrogen (secondary N) is 2. The molecule has 0 atom stereocenters. The zero-order valence-corrected chi connectivity index (χ0v) is 11.5. The first kappa shape index (κ1) is 12.4. The summed E-state index contributed by atoms with van der Waals surface area (Å²) in [6.07, 6.45) is 5.20. The zero-order chi connectivity index (χ0) is 13.5. The van der Waals surface area contributed by atoms with Crippen LogP contribution >= 0.6 is 0 Å². The molecule has 1 saturated heterocycles. The van der Waals surface area contributed by atoms with E-state index < -0.39 is 10.2 Å². The Hall–Kier alpha value is -1.60. The van der Waals surface area contributed by atoms with Gasteiger partial charge >= 0.3 is 10.2 Å². The summed E-state index contributed by atoms with van der Waals surface area (Å²) >= 11 is 0. The molecule has 2 aromatic heterocycles. The number of hydrogen-bond acceptors (Lipinski definition) is 3. The standard InChI is InChI=1S/C12H16N4O2S/c1-9-10-4-5-13-12(10)14-8-11(9)15-19(17,18)16-6-2-3-7-16/h4-5,8,15H,2-3,6-7H2,1H3,(H,13,14). The molecule has 1 aliphatic heterocycles. The molecule has 0 spiro atoms. The van der Waals surface area contributed by atoms with E-state index >= 15 is 0 Å². The topological polar surface area (TPSA) is 78.1 Å². The summed E-state index contributed by atoms with van der Waals surface area (Å²) in [7, 11) is -3.45. The van der Waals surface area contributed by atoms with Gasteiger partial charge in [0.1, 0.15) is 5.65 Å². The van der Waals surface area contributed by atoms with Crippen molar-refractivity contribution in [1.29, 1.82) is 0 Å². The SMILES string of the molecule is Cc1c(NS(=O)(=O)N2CCCC2)cnc2[nH]ccc12. The van der Waals surface area contributed by atoms with E-state index in [1.807, 2.05) is 13.0 Å². The molecule has 0 radical (unpaired) electrons. The third kappa shape index (κ3) is 2.19. The highest BCUT2D eigenvalue weighted by atomic mass is 32.2. The summed E-state index contributed by atoms with van der Waals surface area (Å²) in [6, 6.07) is 1.89. The molecule has 2 aromatic rings. The fourth-order valence-electron chi connectivity index (χ4n) is 2.38. The van der Waals surface area contributed by atoms with Crippen molar-refractivity contribution < 1.29 is 8.42 Å². The average molecular weight is 280 g/mol. The van der Waals surface area contributed by atoms with E-state index in [1.54, 1.807) is 12.4 Å². The summed E-state index contributed by atoms with van der Waals surface area (Å²) < 4.78 is 28.5. The number of aromatic amines is 1. The smallest absolute Gasteiger partial charge is 0.301 e. The van der Waals surface area contributed by atoms with Crippen LogP contribution in [-0.4, -0.2) is 35.8 Å². The summed E-state index contributed by atoms with van der Waals surface area (Å²) in [6.45, 7) is 3.07. The minimum absolute atomic E-state index is 0.541. The van der Waals surface area contributed by atoms with Gasteiger partial charge in [0.05, 0.1) is 11.9 Å². The molecule has 1 fully saturated rings. The van der Waals surface area contributed by atoms with Crippen molar-refractivity contribution in [2.75, 3.05) is 17.8 Å². The number of rotatable bonds is 3. The second-order valence-corrected chi connectivity index (χ2v) is 6.42. The van der Waals surface area contributed by atoms with Crippen LogP contribution in [0.2, 0.25) is 0 Å². The summed E-state index contributed by atoms with van der Waals surface area (Å²) in [5.41, 5.74) is 2.19. The number of aromatic nitrogens is 2. The van der Waals surface area contributed by atoms with Crippen LogP contribution in [0.5, 0.6) is 0 Å². The first-order chi connectivity index (χ1) is 9.08. The normalized spacial score (nSPS) is 17.1. The van der Waals surface area contributed by atoms with Gasteiger partial charge in [-0.3, -0.25) is 4.72 Å². The lowest BCUT2D eigenvalue weighted by Gasteiger charge is -2.17. The lowest BCUT2D eigenvalue weighted by atomic mass is 10.2. The highest BCUT2D eigenvalue weighted by Gasteiger charge is 2.25. The molecule has 19 heavy (non-hydrogen) atoms. The van der Waals surface area contributed by atoms with Crippen molar-refractivity contribution in [3.05, 3.63) is 24.0 Å². The minimum atomic E-state index is -3.45. The molecule has 0 amide bonds. The van der Waals surface area contributed by atoms with Gasteiger partial charge in [0.15, 0.2) is 0 Å². The predicted molar refractivity (Wildman–Crippen MR) is 74.2 cm³/mol. The lowest BCUT2D eigenvalue weighted by molar-refractivity contribution is 0.482.